The highest BCUT2D eigenvalue weighted by atomic mass is 32.2. The summed E-state index contributed by atoms with van der Waals surface area (Å²) in [4.78, 5) is 11.5. The topological polar surface area (TPSA) is 92.4 Å². The summed E-state index contributed by atoms with van der Waals surface area (Å²) in [6.45, 7) is 2.93. The summed E-state index contributed by atoms with van der Waals surface area (Å²) < 4.78 is 19.2. The second kappa shape index (κ2) is 13.2. The molecule has 0 aliphatic heterocycles. The summed E-state index contributed by atoms with van der Waals surface area (Å²) in [6, 6.07) is 20.1. The predicted molar refractivity (Wildman–Crippen MR) is 107 cm³/mol. The van der Waals surface area contributed by atoms with E-state index in [1.54, 1.807) is 6.92 Å². The lowest BCUT2D eigenvalue weighted by molar-refractivity contribution is -0.123. The van der Waals surface area contributed by atoms with Gasteiger partial charge in [0.1, 0.15) is 0 Å². The molecular formula is C20H28N2O3S. The molecule has 0 aliphatic carbocycles. The van der Waals surface area contributed by atoms with Crippen molar-refractivity contribution in [3.8, 4) is 0 Å². The van der Waals surface area contributed by atoms with Crippen molar-refractivity contribution < 1.29 is 13.6 Å². The zero-order valence-electron chi connectivity index (χ0n) is 15.1. The van der Waals surface area contributed by atoms with Crippen LogP contribution >= 0.6 is 0 Å². The van der Waals surface area contributed by atoms with Crippen LogP contribution in [0.15, 0.2) is 60.7 Å². The van der Waals surface area contributed by atoms with Gasteiger partial charge in [0.05, 0.1) is 5.75 Å². The first-order chi connectivity index (χ1) is 12.5. The first kappa shape index (κ1) is 22.0. The molecule has 142 valence electrons. The Morgan fingerprint density at radius 2 is 1.54 bits per heavy atom. The first-order valence-corrected chi connectivity index (χ1v) is 9.93. The number of hydrogen-bond acceptors (Lipinski definition) is 3. The molecule has 0 fully saturated rings. The fourth-order valence-electron chi connectivity index (χ4n) is 2.25. The molecular weight excluding hydrogens is 348 g/mol. The van der Waals surface area contributed by atoms with Crippen molar-refractivity contribution in [2.24, 2.45) is 11.7 Å². The van der Waals surface area contributed by atoms with Crippen LogP contribution < -0.4 is 11.1 Å². The summed E-state index contributed by atoms with van der Waals surface area (Å²) in [5.74, 6) is -0.628. The van der Waals surface area contributed by atoms with E-state index in [9.17, 15) is 9.00 Å². The van der Waals surface area contributed by atoms with E-state index in [0.717, 1.165) is 24.9 Å². The first-order valence-electron chi connectivity index (χ1n) is 8.66. The number of amides is 1. The van der Waals surface area contributed by atoms with Gasteiger partial charge in [-0.25, -0.2) is 4.21 Å². The summed E-state index contributed by atoms with van der Waals surface area (Å²) in [7, 11) is 0. The van der Waals surface area contributed by atoms with Gasteiger partial charge >= 0.3 is 0 Å². The maximum absolute atomic E-state index is 11.5. The molecule has 4 N–H and O–H groups in total. The summed E-state index contributed by atoms with van der Waals surface area (Å²) >= 11 is -1.92. The highest BCUT2D eigenvalue weighted by Gasteiger charge is 2.14. The van der Waals surface area contributed by atoms with Crippen LogP contribution in [-0.2, 0) is 28.7 Å². The van der Waals surface area contributed by atoms with Gasteiger partial charge in [0.2, 0.25) is 5.91 Å². The lowest BCUT2D eigenvalue weighted by Crippen LogP contribution is -2.33. The molecule has 2 unspecified atom stereocenters. The smallest absolute Gasteiger partial charge is 0.223 e. The minimum absolute atomic E-state index is 0.0167. The quantitative estimate of drug-likeness (QED) is 0.617. The standard InChI is InChI=1S/C12H17NO3S.C8H11N/c1-10(9-17(15)16)12(14)13-8-7-11-5-3-2-4-6-11;9-7-6-8-4-2-1-3-5-8/h2-6,10H,7-9H2,1H3,(H,13,14)(H,15,16);1-5H,6-7,9H2. The Kier molecular flexibility index (Phi) is 11.2. The van der Waals surface area contributed by atoms with E-state index < -0.39 is 17.0 Å². The van der Waals surface area contributed by atoms with E-state index in [1.807, 2.05) is 48.5 Å². The molecule has 0 spiro atoms. The van der Waals surface area contributed by atoms with Crippen LogP contribution in [0, 0.1) is 5.92 Å². The molecule has 0 saturated carbocycles. The average molecular weight is 377 g/mol. The molecule has 2 atom stereocenters. The van der Waals surface area contributed by atoms with E-state index in [4.69, 9.17) is 10.3 Å². The Labute approximate surface area is 158 Å². The van der Waals surface area contributed by atoms with Crippen molar-refractivity contribution >= 4 is 17.0 Å². The number of nitrogens with one attached hydrogen (secondary N) is 1. The number of nitrogens with two attached hydrogens (primary N) is 1. The molecule has 0 radical (unpaired) electrons. The average Bonchev–Trinajstić information content (AvgIpc) is 2.64. The van der Waals surface area contributed by atoms with Crippen molar-refractivity contribution in [1.29, 1.82) is 0 Å². The Hall–Kier alpha value is -2.02. The molecule has 6 heteroatoms. The molecule has 2 aromatic carbocycles. The SMILES string of the molecule is CC(CS(=O)O)C(=O)NCCc1ccccc1.NCCc1ccccc1. The monoisotopic (exact) mass is 376 g/mol. The van der Waals surface area contributed by atoms with Gasteiger partial charge in [0.15, 0.2) is 11.1 Å². The van der Waals surface area contributed by atoms with Gasteiger partial charge in [-0.05, 0) is 30.5 Å². The molecule has 5 nitrogen and oxygen atoms in total. The van der Waals surface area contributed by atoms with E-state index in [-0.39, 0.29) is 11.7 Å². The van der Waals surface area contributed by atoms with E-state index in [1.165, 1.54) is 5.56 Å². The normalized spacial score (nSPS) is 12.4. The number of rotatable bonds is 8. The highest BCUT2D eigenvalue weighted by molar-refractivity contribution is 7.79. The van der Waals surface area contributed by atoms with Crippen LogP contribution in [0.1, 0.15) is 18.1 Å². The maximum atomic E-state index is 11.5. The Morgan fingerprint density at radius 1 is 1.04 bits per heavy atom. The van der Waals surface area contributed by atoms with Crippen LogP contribution in [0.4, 0.5) is 0 Å². The zero-order chi connectivity index (χ0) is 19.2. The third-order valence-corrected chi connectivity index (χ3v) is 4.46. The van der Waals surface area contributed by atoms with Crippen molar-refractivity contribution in [3.63, 3.8) is 0 Å². The van der Waals surface area contributed by atoms with Crippen LogP contribution in [0.5, 0.6) is 0 Å². The Morgan fingerprint density at radius 3 is 2.00 bits per heavy atom. The molecule has 0 aromatic heterocycles. The predicted octanol–water partition coefficient (Wildman–Crippen LogP) is 2.39. The highest BCUT2D eigenvalue weighted by Crippen LogP contribution is 2.00. The molecule has 2 aromatic rings. The van der Waals surface area contributed by atoms with E-state index in [2.05, 4.69) is 17.4 Å². The fraction of sp³-hybridized carbons (Fsp3) is 0.350. The van der Waals surface area contributed by atoms with Gasteiger partial charge in [0.25, 0.3) is 0 Å². The number of hydrogen-bond donors (Lipinski definition) is 3. The van der Waals surface area contributed by atoms with Crippen molar-refractivity contribution in [1.82, 2.24) is 5.32 Å². The second-order valence-corrected chi connectivity index (χ2v) is 6.92. The third kappa shape index (κ3) is 10.1. The maximum Gasteiger partial charge on any atom is 0.223 e. The number of carbonyl (C=O) groups excluding carboxylic acids is 1. The Bertz CT molecular complexity index is 651. The van der Waals surface area contributed by atoms with Gasteiger partial charge in [-0.3, -0.25) is 4.79 Å². The zero-order valence-corrected chi connectivity index (χ0v) is 16.0. The largest absolute Gasteiger partial charge is 0.356 e. The van der Waals surface area contributed by atoms with Gasteiger partial charge in [-0.1, -0.05) is 67.6 Å². The van der Waals surface area contributed by atoms with E-state index >= 15 is 0 Å². The van der Waals surface area contributed by atoms with Gasteiger partial charge in [0, 0.05) is 12.5 Å². The molecule has 0 heterocycles. The molecule has 0 saturated heterocycles. The van der Waals surface area contributed by atoms with Crippen LogP contribution in [0.2, 0.25) is 0 Å². The fourth-order valence-corrected chi connectivity index (χ4v) is 2.83. The summed E-state index contributed by atoms with van der Waals surface area (Å²) in [5, 5.41) is 2.75. The van der Waals surface area contributed by atoms with Crippen LogP contribution in [0.25, 0.3) is 0 Å². The van der Waals surface area contributed by atoms with Gasteiger partial charge in [-0.2, -0.15) is 0 Å². The Balaban J connectivity index is 0.000000314. The number of benzene rings is 2. The van der Waals surface area contributed by atoms with Gasteiger partial charge in [-0.15, -0.1) is 0 Å². The molecule has 1 amide bonds. The molecule has 26 heavy (non-hydrogen) atoms. The van der Waals surface area contributed by atoms with Crippen molar-refractivity contribution in [2.45, 2.75) is 19.8 Å². The lowest BCUT2D eigenvalue weighted by Gasteiger charge is -2.10. The third-order valence-electron chi connectivity index (χ3n) is 3.67. The van der Waals surface area contributed by atoms with Crippen LogP contribution in [-0.4, -0.2) is 33.5 Å². The van der Waals surface area contributed by atoms with Crippen LogP contribution in [0.3, 0.4) is 0 Å². The van der Waals surface area contributed by atoms with Gasteiger partial charge < -0.3 is 15.6 Å². The minimum Gasteiger partial charge on any atom is -0.356 e. The molecule has 0 aliphatic rings. The second-order valence-electron chi connectivity index (χ2n) is 5.94. The molecule has 2 rings (SSSR count). The van der Waals surface area contributed by atoms with Crippen molar-refractivity contribution in [3.05, 3.63) is 71.8 Å². The summed E-state index contributed by atoms with van der Waals surface area (Å²) in [5.41, 5.74) is 7.84. The summed E-state index contributed by atoms with van der Waals surface area (Å²) in [6.07, 6.45) is 1.75. The van der Waals surface area contributed by atoms with E-state index in [0.29, 0.717) is 6.54 Å². The minimum atomic E-state index is -1.92. The lowest BCUT2D eigenvalue weighted by atomic mass is 10.1. The number of carbonyl (C=O) groups is 1. The van der Waals surface area contributed by atoms with Crippen molar-refractivity contribution in [2.75, 3.05) is 18.8 Å². The molecule has 0 bridgehead atoms.